The summed E-state index contributed by atoms with van der Waals surface area (Å²) >= 11 is 8.22. The summed E-state index contributed by atoms with van der Waals surface area (Å²) in [6, 6.07) is 5.47. The zero-order valence-corrected chi connectivity index (χ0v) is 11.2. The van der Waals surface area contributed by atoms with Crippen molar-refractivity contribution in [1.29, 1.82) is 0 Å². The number of rotatable bonds is 2. The van der Waals surface area contributed by atoms with Crippen molar-refractivity contribution in [2.45, 2.75) is 6.04 Å². The number of benzene rings is 1. The Morgan fingerprint density at radius 2 is 2.12 bits per heavy atom. The van der Waals surface area contributed by atoms with Crippen LogP contribution >= 0.6 is 34.2 Å². The van der Waals surface area contributed by atoms with Gasteiger partial charge in [-0.3, -0.25) is 9.97 Å². The van der Waals surface area contributed by atoms with E-state index in [0.29, 0.717) is 5.02 Å². The maximum absolute atomic E-state index is 6.07. The molecule has 5 heteroatoms. The van der Waals surface area contributed by atoms with Crippen LogP contribution in [0.15, 0.2) is 36.8 Å². The van der Waals surface area contributed by atoms with Crippen LogP contribution in [0.3, 0.4) is 0 Å². The number of aromatic nitrogens is 2. The molecule has 2 N–H and O–H groups in total. The molecule has 0 saturated heterocycles. The van der Waals surface area contributed by atoms with E-state index in [9.17, 15) is 0 Å². The van der Waals surface area contributed by atoms with Gasteiger partial charge >= 0.3 is 0 Å². The Labute approximate surface area is 112 Å². The molecule has 1 atom stereocenters. The monoisotopic (exact) mass is 345 g/mol. The molecule has 0 saturated carbocycles. The largest absolute Gasteiger partial charge is 0.319 e. The van der Waals surface area contributed by atoms with Crippen LogP contribution in [0.5, 0.6) is 0 Å². The van der Waals surface area contributed by atoms with Crippen molar-refractivity contribution in [3.05, 3.63) is 56.6 Å². The van der Waals surface area contributed by atoms with E-state index in [0.717, 1.165) is 14.8 Å². The van der Waals surface area contributed by atoms with Crippen molar-refractivity contribution in [3.8, 4) is 0 Å². The zero-order chi connectivity index (χ0) is 11.5. The number of halogens is 2. The van der Waals surface area contributed by atoms with Crippen LogP contribution < -0.4 is 5.73 Å². The number of nitrogens with two attached hydrogens (primary N) is 1. The van der Waals surface area contributed by atoms with Gasteiger partial charge in [-0.2, -0.15) is 0 Å². The second kappa shape index (κ2) is 5.07. The molecule has 0 fully saturated rings. The average Bonchev–Trinajstić information content (AvgIpc) is 2.33. The summed E-state index contributed by atoms with van der Waals surface area (Å²) in [6.45, 7) is 0. The van der Waals surface area contributed by atoms with Crippen molar-refractivity contribution in [1.82, 2.24) is 9.97 Å². The molecule has 2 aromatic rings. The lowest BCUT2D eigenvalue weighted by molar-refractivity contribution is 0.817. The van der Waals surface area contributed by atoms with Crippen molar-refractivity contribution < 1.29 is 0 Å². The topological polar surface area (TPSA) is 51.8 Å². The van der Waals surface area contributed by atoms with Gasteiger partial charge in [0.25, 0.3) is 0 Å². The molecule has 1 aromatic heterocycles. The second-order valence-electron chi connectivity index (χ2n) is 3.28. The van der Waals surface area contributed by atoms with Gasteiger partial charge in [0.15, 0.2) is 0 Å². The molecule has 0 aliphatic heterocycles. The fourth-order valence-corrected chi connectivity index (χ4v) is 1.87. The van der Waals surface area contributed by atoms with Crippen molar-refractivity contribution in [2.75, 3.05) is 0 Å². The van der Waals surface area contributed by atoms with Crippen molar-refractivity contribution in [3.63, 3.8) is 0 Å². The molecule has 0 aliphatic carbocycles. The van der Waals surface area contributed by atoms with Crippen LogP contribution in [0.25, 0.3) is 0 Å². The van der Waals surface area contributed by atoms with Crippen LogP contribution in [0.1, 0.15) is 17.3 Å². The predicted molar refractivity (Wildman–Crippen MR) is 72.2 cm³/mol. The summed E-state index contributed by atoms with van der Waals surface area (Å²) in [4.78, 5) is 8.17. The molecule has 16 heavy (non-hydrogen) atoms. The summed E-state index contributed by atoms with van der Waals surface area (Å²) < 4.78 is 1.01. The van der Waals surface area contributed by atoms with E-state index in [4.69, 9.17) is 17.3 Å². The maximum Gasteiger partial charge on any atom is 0.0799 e. The van der Waals surface area contributed by atoms with Gasteiger partial charge < -0.3 is 5.73 Å². The lowest BCUT2D eigenvalue weighted by Crippen LogP contribution is -2.13. The third-order valence-electron chi connectivity index (χ3n) is 2.20. The molecule has 0 radical (unpaired) electrons. The fourth-order valence-electron chi connectivity index (χ4n) is 1.35. The van der Waals surface area contributed by atoms with Gasteiger partial charge in [-0.1, -0.05) is 17.7 Å². The summed E-state index contributed by atoms with van der Waals surface area (Å²) in [6.07, 6.45) is 4.91. The third-order valence-corrected chi connectivity index (χ3v) is 3.78. The second-order valence-corrected chi connectivity index (χ2v) is 4.85. The molecule has 3 nitrogen and oxygen atoms in total. The minimum absolute atomic E-state index is 0.289. The molecule has 1 unspecified atom stereocenters. The van der Waals surface area contributed by atoms with E-state index < -0.39 is 0 Å². The first-order chi connectivity index (χ1) is 7.68. The van der Waals surface area contributed by atoms with E-state index in [1.807, 2.05) is 18.2 Å². The number of hydrogen-bond acceptors (Lipinski definition) is 3. The Kier molecular flexibility index (Phi) is 3.73. The van der Waals surface area contributed by atoms with Crippen LogP contribution in [-0.4, -0.2) is 9.97 Å². The van der Waals surface area contributed by atoms with E-state index in [1.54, 1.807) is 18.6 Å². The van der Waals surface area contributed by atoms with Crippen LogP contribution in [-0.2, 0) is 0 Å². The zero-order valence-electron chi connectivity index (χ0n) is 8.27. The summed E-state index contributed by atoms with van der Waals surface area (Å²) in [5, 5.41) is 0.706. The average molecular weight is 346 g/mol. The van der Waals surface area contributed by atoms with Gasteiger partial charge in [0.1, 0.15) is 0 Å². The van der Waals surface area contributed by atoms with E-state index in [1.165, 1.54) is 0 Å². The molecule has 0 bridgehead atoms. The van der Waals surface area contributed by atoms with Gasteiger partial charge in [-0.05, 0) is 40.3 Å². The van der Waals surface area contributed by atoms with E-state index in [-0.39, 0.29) is 6.04 Å². The number of nitrogens with zero attached hydrogens (tertiary/aromatic N) is 2. The Morgan fingerprint density at radius 3 is 2.75 bits per heavy atom. The van der Waals surface area contributed by atoms with Gasteiger partial charge in [-0.15, -0.1) is 0 Å². The van der Waals surface area contributed by atoms with Crippen molar-refractivity contribution in [2.24, 2.45) is 5.73 Å². The quantitative estimate of drug-likeness (QED) is 0.852. The third kappa shape index (κ3) is 2.50. The van der Waals surface area contributed by atoms with Crippen LogP contribution in [0.4, 0.5) is 0 Å². The van der Waals surface area contributed by atoms with E-state index in [2.05, 4.69) is 32.6 Å². The standard InChI is InChI=1S/C11H9ClIN3/c12-8-5-7(1-2-9(8)13)11(14)10-6-15-3-4-16-10/h1-6,11H,14H2. The highest BCUT2D eigenvalue weighted by Crippen LogP contribution is 2.24. The highest BCUT2D eigenvalue weighted by atomic mass is 127. The predicted octanol–water partition coefficient (Wildman–Crippen LogP) is 2.78. The maximum atomic E-state index is 6.07. The SMILES string of the molecule is NC(c1ccc(I)c(Cl)c1)c1cnccn1. The number of hydrogen-bond donors (Lipinski definition) is 1. The molecule has 0 amide bonds. The summed E-state index contributed by atoms with van der Waals surface area (Å²) in [5.74, 6) is 0. The molecule has 0 aliphatic rings. The first-order valence-corrected chi connectivity index (χ1v) is 6.10. The van der Waals surface area contributed by atoms with Gasteiger partial charge in [0.05, 0.1) is 23.0 Å². The summed E-state index contributed by atoms with van der Waals surface area (Å²) in [5.41, 5.74) is 7.74. The Bertz CT molecular complexity index is 490. The Balaban J connectivity index is 2.34. The molecular weight excluding hydrogens is 336 g/mol. The molecule has 82 valence electrons. The minimum atomic E-state index is -0.289. The van der Waals surface area contributed by atoms with Crippen molar-refractivity contribution >= 4 is 34.2 Å². The first-order valence-electron chi connectivity index (χ1n) is 4.65. The lowest BCUT2D eigenvalue weighted by Gasteiger charge is -2.11. The highest BCUT2D eigenvalue weighted by Gasteiger charge is 2.11. The highest BCUT2D eigenvalue weighted by molar-refractivity contribution is 14.1. The molecule has 1 heterocycles. The van der Waals surface area contributed by atoms with E-state index >= 15 is 0 Å². The minimum Gasteiger partial charge on any atom is -0.319 e. The molecular formula is C11H9ClIN3. The molecule has 0 spiro atoms. The van der Waals surface area contributed by atoms with Gasteiger partial charge in [0, 0.05) is 16.0 Å². The van der Waals surface area contributed by atoms with Crippen LogP contribution in [0.2, 0.25) is 5.02 Å². The first kappa shape index (κ1) is 11.8. The Morgan fingerprint density at radius 1 is 1.31 bits per heavy atom. The molecule has 1 aromatic carbocycles. The Hall–Kier alpha value is -0.720. The van der Waals surface area contributed by atoms with Gasteiger partial charge in [-0.25, -0.2) is 0 Å². The lowest BCUT2D eigenvalue weighted by atomic mass is 10.1. The fraction of sp³-hybridized carbons (Fsp3) is 0.0909. The summed E-state index contributed by atoms with van der Waals surface area (Å²) in [7, 11) is 0. The molecule has 2 rings (SSSR count). The smallest absolute Gasteiger partial charge is 0.0799 e. The van der Waals surface area contributed by atoms with Gasteiger partial charge in [0.2, 0.25) is 0 Å². The normalized spacial score (nSPS) is 12.4. The van der Waals surface area contributed by atoms with Crippen LogP contribution in [0, 0.1) is 3.57 Å².